The first-order valence-corrected chi connectivity index (χ1v) is 7.70. The maximum absolute atomic E-state index is 5.96. The molecular formula is C14H22N2OS. The molecule has 0 radical (unpaired) electrons. The van der Waals surface area contributed by atoms with Crippen LogP contribution in [0.5, 0.6) is 5.75 Å². The van der Waals surface area contributed by atoms with Crippen molar-refractivity contribution in [2.45, 2.75) is 25.8 Å². The van der Waals surface area contributed by atoms with Crippen molar-refractivity contribution in [3.05, 3.63) is 18.2 Å². The topological polar surface area (TPSA) is 38.5 Å². The Morgan fingerprint density at radius 1 is 1.44 bits per heavy atom. The van der Waals surface area contributed by atoms with E-state index in [1.54, 1.807) is 0 Å². The zero-order valence-corrected chi connectivity index (χ0v) is 12.0. The predicted molar refractivity (Wildman–Crippen MR) is 80.8 cm³/mol. The SMILES string of the molecule is CCCOc1cc(N)cc(N(C)C2CCSC2)c1. The van der Waals surface area contributed by atoms with Crippen molar-refractivity contribution in [1.29, 1.82) is 0 Å². The van der Waals surface area contributed by atoms with Gasteiger partial charge in [-0.25, -0.2) is 0 Å². The monoisotopic (exact) mass is 266 g/mol. The van der Waals surface area contributed by atoms with Crippen LogP contribution in [0.25, 0.3) is 0 Å². The predicted octanol–water partition coefficient (Wildman–Crippen LogP) is 3.00. The van der Waals surface area contributed by atoms with Crippen LogP contribution in [-0.4, -0.2) is 31.2 Å². The summed E-state index contributed by atoms with van der Waals surface area (Å²) in [4.78, 5) is 2.33. The van der Waals surface area contributed by atoms with E-state index in [0.29, 0.717) is 6.04 Å². The van der Waals surface area contributed by atoms with E-state index in [0.717, 1.165) is 30.2 Å². The largest absolute Gasteiger partial charge is 0.493 e. The van der Waals surface area contributed by atoms with E-state index in [1.807, 2.05) is 23.9 Å². The summed E-state index contributed by atoms with van der Waals surface area (Å²) in [5.41, 5.74) is 7.89. The minimum atomic E-state index is 0.621. The van der Waals surface area contributed by atoms with Gasteiger partial charge in [0.15, 0.2) is 0 Å². The standard InChI is InChI=1S/C14H22N2OS/c1-3-5-17-14-8-11(15)7-13(9-14)16(2)12-4-6-18-10-12/h7-9,12H,3-6,10,15H2,1-2H3. The summed E-state index contributed by atoms with van der Waals surface area (Å²) in [6.07, 6.45) is 2.26. The zero-order valence-electron chi connectivity index (χ0n) is 11.2. The van der Waals surface area contributed by atoms with Crippen LogP contribution in [0.4, 0.5) is 11.4 Å². The number of ether oxygens (including phenoxy) is 1. The number of rotatable bonds is 5. The maximum atomic E-state index is 5.96. The Hall–Kier alpha value is -1.03. The quantitative estimate of drug-likeness (QED) is 0.832. The first-order valence-electron chi connectivity index (χ1n) is 6.54. The van der Waals surface area contributed by atoms with Crippen LogP contribution in [0.15, 0.2) is 18.2 Å². The molecule has 0 aliphatic carbocycles. The Morgan fingerprint density at radius 3 is 2.94 bits per heavy atom. The fourth-order valence-corrected chi connectivity index (χ4v) is 3.42. The normalized spacial score (nSPS) is 18.9. The lowest BCUT2D eigenvalue weighted by atomic mass is 10.2. The van der Waals surface area contributed by atoms with E-state index >= 15 is 0 Å². The van der Waals surface area contributed by atoms with Gasteiger partial charge in [-0.1, -0.05) is 6.92 Å². The average Bonchev–Trinajstić information content (AvgIpc) is 2.88. The van der Waals surface area contributed by atoms with Gasteiger partial charge in [0.1, 0.15) is 5.75 Å². The van der Waals surface area contributed by atoms with Crippen LogP contribution >= 0.6 is 11.8 Å². The molecule has 0 bridgehead atoms. The highest BCUT2D eigenvalue weighted by atomic mass is 32.2. The molecule has 1 atom stereocenters. The van der Waals surface area contributed by atoms with Crippen molar-refractivity contribution in [2.24, 2.45) is 0 Å². The van der Waals surface area contributed by atoms with Gasteiger partial charge in [0, 0.05) is 42.3 Å². The summed E-state index contributed by atoms with van der Waals surface area (Å²) in [5, 5.41) is 0. The number of hydrogen-bond donors (Lipinski definition) is 1. The third-order valence-corrected chi connectivity index (χ3v) is 4.39. The molecule has 1 aliphatic rings. The molecule has 1 aromatic carbocycles. The summed E-state index contributed by atoms with van der Waals surface area (Å²) in [5.74, 6) is 3.34. The van der Waals surface area contributed by atoms with Crippen LogP contribution in [0.1, 0.15) is 19.8 Å². The molecule has 1 fully saturated rings. The van der Waals surface area contributed by atoms with E-state index in [9.17, 15) is 0 Å². The molecule has 1 aliphatic heterocycles. The smallest absolute Gasteiger partial charge is 0.123 e. The van der Waals surface area contributed by atoms with Crippen molar-refractivity contribution < 1.29 is 4.74 Å². The number of nitrogens with zero attached hydrogens (tertiary/aromatic N) is 1. The Labute approximate surface area is 114 Å². The van der Waals surface area contributed by atoms with E-state index < -0.39 is 0 Å². The third kappa shape index (κ3) is 3.25. The molecule has 3 nitrogen and oxygen atoms in total. The van der Waals surface area contributed by atoms with Gasteiger partial charge >= 0.3 is 0 Å². The van der Waals surface area contributed by atoms with Gasteiger partial charge in [-0.15, -0.1) is 0 Å². The molecule has 18 heavy (non-hydrogen) atoms. The molecule has 2 N–H and O–H groups in total. The summed E-state index contributed by atoms with van der Waals surface area (Å²) < 4.78 is 5.68. The highest BCUT2D eigenvalue weighted by Gasteiger charge is 2.20. The molecule has 0 spiro atoms. The number of thioether (sulfide) groups is 1. The second-order valence-electron chi connectivity index (χ2n) is 4.74. The molecule has 0 amide bonds. The Bertz CT molecular complexity index is 391. The summed E-state index contributed by atoms with van der Waals surface area (Å²) >= 11 is 2.02. The number of benzene rings is 1. The molecule has 0 saturated carbocycles. The van der Waals surface area contributed by atoms with E-state index in [1.165, 1.54) is 17.9 Å². The lowest BCUT2D eigenvalue weighted by Gasteiger charge is -2.26. The molecular weight excluding hydrogens is 244 g/mol. The Kier molecular flexibility index (Phi) is 4.64. The number of nitrogen functional groups attached to an aromatic ring is 1. The van der Waals surface area contributed by atoms with Crippen LogP contribution in [-0.2, 0) is 0 Å². The minimum Gasteiger partial charge on any atom is -0.493 e. The Balaban J connectivity index is 2.13. The van der Waals surface area contributed by atoms with Crippen LogP contribution in [0.3, 0.4) is 0 Å². The van der Waals surface area contributed by atoms with Crippen LogP contribution in [0.2, 0.25) is 0 Å². The van der Waals surface area contributed by atoms with Gasteiger partial charge in [0.2, 0.25) is 0 Å². The second kappa shape index (κ2) is 6.23. The first-order chi connectivity index (χ1) is 8.70. The third-order valence-electron chi connectivity index (χ3n) is 3.25. The number of hydrogen-bond acceptors (Lipinski definition) is 4. The molecule has 2 rings (SSSR count). The van der Waals surface area contributed by atoms with Crippen molar-refractivity contribution in [1.82, 2.24) is 0 Å². The van der Waals surface area contributed by atoms with Gasteiger partial charge in [-0.05, 0) is 24.7 Å². The molecule has 1 aromatic rings. The van der Waals surface area contributed by atoms with Crippen LogP contribution < -0.4 is 15.4 Å². The molecule has 4 heteroatoms. The molecule has 1 saturated heterocycles. The minimum absolute atomic E-state index is 0.621. The van der Waals surface area contributed by atoms with Crippen molar-refractivity contribution in [3.63, 3.8) is 0 Å². The summed E-state index contributed by atoms with van der Waals surface area (Å²) in [6, 6.07) is 6.64. The van der Waals surface area contributed by atoms with E-state index in [-0.39, 0.29) is 0 Å². The van der Waals surface area contributed by atoms with Gasteiger partial charge in [0.05, 0.1) is 6.61 Å². The number of nitrogens with two attached hydrogens (primary N) is 1. The molecule has 1 unspecified atom stereocenters. The summed E-state index contributed by atoms with van der Waals surface area (Å²) in [7, 11) is 2.15. The average molecular weight is 266 g/mol. The van der Waals surface area contributed by atoms with Crippen molar-refractivity contribution >= 4 is 23.1 Å². The van der Waals surface area contributed by atoms with Gasteiger partial charge in [0.25, 0.3) is 0 Å². The van der Waals surface area contributed by atoms with Gasteiger partial charge in [-0.2, -0.15) is 11.8 Å². The second-order valence-corrected chi connectivity index (χ2v) is 5.89. The molecule has 100 valence electrons. The summed E-state index contributed by atoms with van der Waals surface area (Å²) in [6.45, 7) is 2.85. The number of anilines is 2. The highest BCUT2D eigenvalue weighted by Crippen LogP contribution is 2.30. The van der Waals surface area contributed by atoms with E-state index in [4.69, 9.17) is 10.5 Å². The van der Waals surface area contributed by atoms with Crippen molar-refractivity contribution in [3.8, 4) is 5.75 Å². The Morgan fingerprint density at radius 2 is 2.28 bits per heavy atom. The fourth-order valence-electron chi connectivity index (χ4n) is 2.15. The van der Waals surface area contributed by atoms with Crippen LogP contribution in [0, 0.1) is 0 Å². The first kappa shape index (κ1) is 13.4. The van der Waals surface area contributed by atoms with Gasteiger partial charge < -0.3 is 15.4 Å². The zero-order chi connectivity index (χ0) is 13.0. The molecule has 1 heterocycles. The lowest BCUT2D eigenvalue weighted by Crippen LogP contribution is -2.31. The lowest BCUT2D eigenvalue weighted by molar-refractivity contribution is 0.317. The molecule has 0 aromatic heterocycles. The fraction of sp³-hybridized carbons (Fsp3) is 0.571. The van der Waals surface area contributed by atoms with Crippen molar-refractivity contribution in [2.75, 3.05) is 35.8 Å². The van der Waals surface area contributed by atoms with Gasteiger partial charge in [-0.3, -0.25) is 0 Å². The highest BCUT2D eigenvalue weighted by molar-refractivity contribution is 7.99. The maximum Gasteiger partial charge on any atom is 0.123 e. The van der Waals surface area contributed by atoms with E-state index in [2.05, 4.69) is 24.9 Å².